The molecule has 12 aromatic rings. The number of benzene rings is 9. The Morgan fingerprint density at radius 3 is 1.58 bits per heavy atom. The third kappa shape index (κ3) is 6.26. The van der Waals surface area contributed by atoms with Crippen LogP contribution in [0.4, 0.5) is 0 Å². The van der Waals surface area contributed by atoms with Crippen molar-refractivity contribution in [2.45, 2.75) is 0 Å². The van der Waals surface area contributed by atoms with E-state index in [4.69, 9.17) is 23.5 Å². The fourth-order valence-corrected chi connectivity index (χ4v) is 9.31. The van der Waals surface area contributed by atoms with Crippen LogP contribution in [0.3, 0.4) is 0 Å². The van der Waals surface area contributed by atoms with Gasteiger partial charge >= 0.3 is 0 Å². The minimum absolute atomic E-state index is 0.0461. The van der Waals surface area contributed by atoms with E-state index in [1.807, 2.05) is 140 Å². The summed E-state index contributed by atoms with van der Waals surface area (Å²) < 4.78 is 63.4. The standard InChI is InChI=1S/C57H35N3OS/c1-4-14-36(15-5-1)37-28-30-39(31-29-37)44-22-13-27-50-52(44)49-33-32-43(35-51(49)62-50)57-59-55(40-18-8-3-9-19-40)58-56(60-57)42-21-10-20-41(34-42)46-24-12-26-48-47-25-11-23-45(53(47)61-54(46)48)38-16-6-2-7-17-38/h1-35H/i13D,22D,27D,32D,33D,35D. The van der Waals surface area contributed by atoms with Gasteiger partial charge in [0, 0.05) is 58.8 Å². The van der Waals surface area contributed by atoms with E-state index in [1.54, 1.807) is 0 Å². The monoisotopic (exact) mass is 815 g/mol. The lowest BCUT2D eigenvalue weighted by Crippen LogP contribution is -2.00. The number of fused-ring (bicyclic) bond motifs is 6. The molecule has 0 saturated heterocycles. The van der Waals surface area contributed by atoms with Gasteiger partial charge in [-0.1, -0.05) is 194 Å². The first-order valence-electron chi connectivity index (χ1n) is 23.3. The minimum Gasteiger partial charge on any atom is -0.455 e. The summed E-state index contributed by atoms with van der Waals surface area (Å²) in [6.45, 7) is 0. The van der Waals surface area contributed by atoms with Gasteiger partial charge in [0.1, 0.15) is 11.2 Å². The molecule has 0 atom stereocenters. The number of rotatable bonds is 7. The Balaban J connectivity index is 1.03. The Morgan fingerprint density at radius 1 is 0.371 bits per heavy atom. The average Bonchev–Trinajstić information content (AvgIpc) is 3.99. The van der Waals surface area contributed by atoms with Gasteiger partial charge in [-0.3, -0.25) is 0 Å². The largest absolute Gasteiger partial charge is 0.455 e. The van der Waals surface area contributed by atoms with E-state index >= 15 is 0 Å². The molecule has 0 aliphatic heterocycles. The zero-order valence-corrected chi connectivity index (χ0v) is 33.7. The molecule has 12 rings (SSSR count). The number of furan rings is 1. The molecule has 0 amide bonds. The van der Waals surface area contributed by atoms with Crippen LogP contribution in [0.15, 0.2) is 217 Å². The summed E-state index contributed by atoms with van der Waals surface area (Å²) in [7, 11) is 0. The van der Waals surface area contributed by atoms with Crippen molar-refractivity contribution < 1.29 is 12.6 Å². The van der Waals surface area contributed by atoms with Gasteiger partial charge in [-0.05, 0) is 51.5 Å². The van der Waals surface area contributed by atoms with Crippen molar-refractivity contribution in [2.24, 2.45) is 0 Å². The van der Waals surface area contributed by atoms with Crippen LogP contribution in [0.25, 0.3) is 121 Å². The molecule has 0 bridgehead atoms. The van der Waals surface area contributed by atoms with Crippen LogP contribution in [0, 0.1) is 0 Å². The highest BCUT2D eigenvalue weighted by molar-refractivity contribution is 7.26. The molecule has 0 fully saturated rings. The summed E-state index contributed by atoms with van der Waals surface area (Å²) in [5.74, 6) is 0.700. The van der Waals surface area contributed by atoms with Crippen LogP contribution >= 0.6 is 11.3 Å². The van der Waals surface area contributed by atoms with Gasteiger partial charge in [-0.25, -0.2) is 15.0 Å². The Hall–Kier alpha value is -7.99. The van der Waals surface area contributed by atoms with E-state index in [0.29, 0.717) is 48.7 Å². The normalized spacial score (nSPS) is 12.9. The summed E-state index contributed by atoms with van der Waals surface area (Å²) in [5.41, 5.74) is 9.84. The number of aromatic nitrogens is 3. The van der Waals surface area contributed by atoms with Crippen molar-refractivity contribution in [3.63, 3.8) is 0 Å². The zero-order valence-electron chi connectivity index (χ0n) is 38.9. The topological polar surface area (TPSA) is 51.8 Å². The summed E-state index contributed by atoms with van der Waals surface area (Å²) >= 11 is 1.12. The van der Waals surface area contributed by atoms with Gasteiger partial charge in [-0.2, -0.15) is 0 Å². The molecule has 0 N–H and O–H groups in total. The molecular formula is C57H35N3OS. The SMILES string of the molecule is [2H]c1c([2H])c(-c2ccc(-c3ccccc3)cc2)c2c(sc3c([2H])c(-c4nc(-c5ccccc5)nc(-c5cccc(-c6cccc7c6oc6c(-c8ccccc8)cccc67)c5)n4)c([2H])c([2H])c32)c1[2H]. The molecule has 0 unspecified atom stereocenters. The van der Waals surface area contributed by atoms with Gasteiger partial charge in [0.25, 0.3) is 0 Å². The first-order chi connectivity index (χ1) is 33.2. The van der Waals surface area contributed by atoms with Gasteiger partial charge in [0.15, 0.2) is 17.5 Å². The van der Waals surface area contributed by atoms with Crippen LogP contribution in [-0.4, -0.2) is 15.0 Å². The lowest BCUT2D eigenvalue weighted by atomic mass is 9.97. The van der Waals surface area contributed by atoms with Crippen LogP contribution in [0.2, 0.25) is 0 Å². The van der Waals surface area contributed by atoms with Crippen LogP contribution in [0.5, 0.6) is 0 Å². The fraction of sp³-hybridized carbons (Fsp3) is 0. The second-order valence-corrected chi connectivity index (χ2v) is 16.1. The second-order valence-electron chi connectivity index (χ2n) is 15.0. The summed E-state index contributed by atoms with van der Waals surface area (Å²) in [6, 6.07) is 56.4. The molecule has 62 heavy (non-hydrogen) atoms. The van der Waals surface area contributed by atoms with Gasteiger partial charge < -0.3 is 4.42 Å². The number of para-hydroxylation sites is 2. The predicted octanol–water partition coefficient (Wildman–Crippen LogP) is 15.8. The second kappa shape index (κ2) is 14.9. The van der Waals surface area contributed by atoms with Gasteiger partial charge in [0.2, 0.25) is 0 Å². The summed E-state index contributed by atoms with van der Waals surface area (Å²) in [6.07, 6.45) is 0. The average molecular weight is 816 g/mol. The first-order valence-corrected chi connectivity index (χ1v) is 21.1. The van der Waals surface area contributed by atoms with Crippen molar-refractivity contribution >= 4 is 53.4 Å². The molecule has 0 aliphatic carbocycles. The van der Waals surface area contributed by atoms with Crippen molar-refractivity contribution in [2.75, 3.05) is 0 Å². The highest BCUT2D eigenvalue weighted by atomic mass is 32.1. The maximum atomic E-state index is 9.75. The van der Waals surface area contributed by atoms with Crippen LogP contribution < -0.4 is 0 Å². The van der Waals surface area contributed by atoms with Gasteiger partial charge in [-0.15, -0.1) is 11.3 Å². The third-order valence-electron chi connectivity index (χ3n) is 11.3. The highest BCUT2D eigenvalue weighted by Gasteiger charge is 2.19. The fourth-order valence-electron chi connectivity index (χ4n) is 8.29. The number of hydrogen-bond donors (Lipinski definition) is 0. The zero-order chi connectivity index (χ0) is 46.2. The summed E-state index contributed by atoms with van der Waals surface area (Å²) in [5, 5.41) is 2.71. The molecule has 0 saturated carbocycles. The molecule has 3 aromatic heterocycles. The van der Waals surface area contributed by atoms with Gasteiger partial charge in [0.05, 0.1) is 8.22 Å². The third-order valence-corrected chi connectivity index (χ3v) is 12.3. The van der Waals surface area contributed by atoms with E-state index in [1.165, 1.54) is 0 Å². The van der Waals surface area contributed by atoms with E-state index < -0.39 is 0 Å². The number of thiophene rings is 1. The first kappa shape index (κ1) is 30.1. The molecule has 9 aromatic carbocycles. The number of nitrogens with zero attached hydrogens (tertiary/aromatic N) is 3. The maximum absolute atomic E-state index is 9.75. The molecule has 3 heterocycles. The maximum Gasteiger partial charge on any atom is 0.164 e. The molecular weight excluding hydrogens is 775 g/mol. The smallest absolute Gasteiger partial charge is 0.164 e. The molecule has 0 radical (unpaired) electrons. The Labute approximate surface area is 370 Å². The van der Waals surface area contributed by atoms with Crippen molar-refractivity contribution in [3.8, 4) is 78.7 Å². The van der Waals surface area contributed by atoms with Crippen LogP contribution in [-0.2, 0) is 0 Å². The van der Waals surface area contributed by atoms with Crippen LogP contribution in [0.1, 0.15) is 8.22 Å². The molecule has 290 valence electrons. The highest BCUT2D eigenvalue weighted by Crippen LogP contribution is 2.43. The molecule has 0 spiro atoms. The van der Waals surface area contributed by atoms with Crippen molar-refractivity contribution in [3.05, 3.63) is 212 Å². The molecule has 5 heteroatoms. The van der Waals surface area contributed by atoms with E-state index in [9.17, 15) is 4.11 Å². The minimum atomic E-state index is -0.267. The van der Waals surface area contributed by atoms with E-state index in [0.717, 1.165) is 66.7 Å². The van der Waals surface area contributed by atoms with Crippen molar-refractivity contribution in [1.29, 1.82) is 0 Å². The van der Waals surface area contributed by atoms with Crippen molar-refractivity contribution in [1.82, 2.24) is 15.0 Å². The van der Waals surface area contributed by atoms with E-state index in [2.05, 4.69) is 36.4 Å². The lowest BCUT2D eigenvalue weighted by molar-refractivity contribution is 0.671. The predicted molar refractivity (Wildman–Crippen MR) is 258 cm³/mol. The molecule has 4 nitrogen and oxygen atoms in total. The lowest BCUT2D eigenvalue weighted by Gasteiger charge is -2.10. The quantitative estimate of drug-likeness (QED) is 0.161. The number of hydrogen-bond acceptors (Lipinski definition) is 5. The Kier molecular flexibility index (Phi) is 7.25. The summed E-state index contributed by atoms with van der Waals surface area (Å²) in [4.78, 5) is 14.9. The Bertz CT molecular complexity index is 3970. The molecule has 0 aliphatic rings. The van der Waals surface area contributed by atoms with E-state index in [-0.39, 0.29) is 53.0 Å². The Morgan fingerprint density at radius 2 is 0.887 bits per heavy atom.